The molecule has 0 amide bonds. The summed E-state index contributed by atoms with van der Waals surface area (Å²) in [5.41, 5.74) is -0.626. The molecule has 0 unspecified atom stereocenters. The molecule has 0 fully saturated rings. The number of H-pyrrole nitrogens is 1. The highest BCUT2D eigenvalue weighted by Crippen LogP contribution is 2.47. The molecule has 37 heavy (non-hydrogen) atoms. The molecule has 5 N–H and O–H groups in total. The number of phenols is 3. The predicted molar refractivity (Wildman–Crippen MR) is 131 cm³/mol. The zero-order chi connectivity index (χ0) is 26.0. The van der Waals surface area contributed by atoms with Crippen molar-refractivity contribution in [3.8, 4) is 40.1 Å². The van der Waals surface area contributed by atoms with Gasteiger partial charge in [0, 0.05) is 34.2 Å². The van der Waals surface area contributed by atoms with Crippen LogP contribution in [0.3, 0.4) is 0 Å². The van der Waals surface area contributed by atoms with Crippen LogP contribution in [0.1, 0.15) is 23.5 Å². The highest BCUT2D eigenvalue weighted by atomic mass is 16.5. The molecular formula is C27H17NO9. The molecule has 0 spiro atoms. The van der Waals surface area contributed by atoms with E-state index in [1.807, 2.05) is 0 Å². The number of esters is 1. The summed E-state index contributed by atoms with van der Waals surface area (Å²) in [6, 6.07) is 13.3. The average molecular weight is 499 g/mol. The van der Waals surface area contributed by atoms with Gasteiger partial charge in [-0.3, -0.25) is 14.4 Å². The van der Waals surface area contributed by atoms with Crippen molar-refractivity contribution < 1.29 is 34.4 Å². The molecular weight excluding hydrogens is 482 g/mol. The number of hydrogen-bond donors (Lipinski definition) is 5. The van der Waals surface area contributed by atoms with E-state index in [1.54, 1.807) is 30.3 Å². The quantitative estimate of drug-likeness (QED) is 0.138. The number of aromatic hydroxyl groups is 4. The maximum Gasteiger partial charge on any atom is 0.312 e. The molecule has 184 valence electrons. The van der Waals surface area contributed by atoms with Crippen LogP contribution in [0, 0.1) is 0 Å². The lowest BCUT2D eigenvalue weighted by Gasteiger charge is -2.25. The first-order valence-corrected chi connectivity index (χ1v) is 11.1. The van der Waals surface area contributed by atoms with E-state index < -0.39 is 45.9 Å². The summed E-state index contributed by atoms with van der Waals surface area (Å²) in [5, 5.41) is 41.1. The molecule has 0 aliphatic carbocycles. The van der Waals surface area contributed by atoms with Crippen LogP contribution in [0.15, 0.2) is 68.6 Å². The Balaban J connectivity index is 1.69. The van der Waals surface area contributed by atoms with Gasteiger partial charge < -0.3 is 34.6 Å². The third-order valence-electron chi connectivity index (χ3n) is 6.46. The molecule has 3 aromatic carbocycles. The lowest BCUT2D eigenvalue weighted by atomic mass is 9.85. The van der Waals surface area contributed by atoms with Crippen molar-refractivity contribution in [1.29, 1.82) is 0 Å². The summed E-state index contributed by atoms with van der Waals surface area (Å²) >= 11 is 0. The first kappa shape index (κ1) is 22.2. The van der Waals surface area contributed by atoms with Crippen molar-refractivity contribution in [1.82, 2.24) is 4.98 Å². The van der Waals surface area contributed by atoms with E-state index in [0.717, 1.165) is 18.2 Å². The first-order valence-electron chi connectivity index (χ1n) is 11.1. The molecule has 0 bridgehead atoms. The van der Waals surface area contributed by atoms with Crippen molar-refractivity contribution in [2.75, 3.05) is 0 Å². The molecule has 10 heteroatoms. The van der Waals surface area contributed by atoms with Gasteiger partial charge in [-0.1, -0.05) is 18.2 Å². The summed E-state index contributed by atoms with van der Waals surface area (Å²) in [6.45, 7) is 0. The molecule has 6 rings (SSSR count). The lowest BCUT2D eigenvalue weighted by molar-refractivity contribution is -0.135. The zero-order valence-corrected chi connectivity index (χ0v) is 18.8. The van der Waals surface area contributed by atoms with Gasteiger partial charge in [-0.05, 0) is 35.7 Å². The Hall–Kier alpha value is -5.25. The molecule has 2 aromatic heterocycles. The predicted octanol–water partition coefficient (Wildman–Crippen LogP) is 3.56. The standard InChI is InChI=1S/C27H17NO9/c29-16-6-5-12(8-17(16)30)25-24(34)23(33)22-18(31)10-19-21(26(22)37-25)13(9-20(32)36-19)14-7-11-3-1-2-4-15(11)28-27(14)35/h1-8,10,13,29-31,34H,9H2,(H,28,35)/t13-/m0/s1. The first-order chi connectivity index (χ1) is 17.7. The second-order valence-corrected chi connectivity index (χ2v) is 8.70. The number of aromatic nitrogens is 1. The number of phenolic OH excluding ortho intramolecular Hbond substituents is 3. The van der Waals surface area contributed by atoms with Crippen LogP contribution < -0.4 is 15.7 Å². The van der Waals surface area contributed by atoms with Crippen LogP contribution in [0.4, 0.5) is 0 Å². The molecule has 1 atom stereocenters. The summed E-state index contributed by atoms with van der Waals surface area (Å²) in [4.78, 5) is 41.6. The van der Waals surface area contributed by atoms with E-state index in [9.17, 15) is 34.8 Å². The molecule has 3 heterocycles. The van der Waals surface area contributed by atoms with Gasteiger partial charge in [0.05, 0.1) is 6.42 Å². The Morgan fingerprint density at radius 2 is 1.65 bits per heavy atom. The minimum absolute atomic E-state index is 0.0526. The number of fused-ring (bicyclic) bond motifs is 4. The molecule has 0 saturated heterocycles. The maximum absolute atomic E-state index is 13.2. The molecule has 10 nitrogen and oxygen atoms in total. The van der Waals surface area contributed by atoms with Gasteiger partial charge in [-0.25, -0.2) is 0 Å². The number of pyridine rings is 1. The number of carbonyl (C=O) groups excluding carboxylic acids is 1. The van der Waals surface area contributed by atoms with E-state index in [2.05, 4.69) is 4.98 Å². The second-order valence-electron chi connectivity index (χ2n) is 8.70. The van der Waals surface area contributed by atoms with E-state index in [-0.39, 0.29) is 45.6 Å². The highest BCUT2D eigenvalue weighted by molar-refractivity contribution is 5.94. The monoisotopic (exact) mass is 499 g/mol. The second kappa shape index (κ2) is 7.89. The van der Waals surface area contributed by atoms with E-state index in [1.165, 1.54) is 6.07 Å². The highest BCUT2D eigenvalue weighted by Gasteiger charge is 2.35. The van der Waals surface area contributed by atoms with Crippen LogP contribution in [0.25, 0.3) is 33.2 Å². The Bertz CT molecular complexity index is 1900. The molecule has 1 aliphatic heterocycles. The van der Waals surface area contributed by atoms with Gasteiger partial charge in [-0.2, -0.15) is 0 Å². The van der Waals surface area contributed by atoms with Crippen LogP contribution >= 0.6 is 0 Å². The average Bonchev–Trinajstić information content (AvgIpc) is 2.86. The summed E-state index contributed by atoms with van der Waals surface area (Å²) in [6.07, 6.45) is -0.256. The lowest BCUT2D eigenvalue weighted by Crippen LogP contribution is -2.26. The van der Waals surface area contributed by atoms with E-state index in [4.69, 9.17) is 9.15 Å². The van der Waals surface area contributed by atoms with Crippen LogP contribution in [0.2, 0.25) is 0 Å². The SMILES string of the molecule is O=C1C[C@@H](c2cc3ccccc3[nH]c2=O)c2c(cc(O)c3c(=O)c(O)c(-c4ccc(O)c(O)c4)oc23)O1. The zero-order valence-electron chi connectivity index (χ0n) is 18.8. The van der Waals surface area contributed by atoms with Crippen LogP contribution in [-0.2, 0) is 4.79 Å². The number of benzene rings is 3. The third-order valence-corrected chi connectivity index (χ3v) is 6.46. The minimum atomic E-state index is -0.979. The number of ether oxygens (including phenoxy) is 1. The van der Waals surface area contributed by atoms with Gasteiger partial charge in [-0.15, -0.1) is 0 Å². The van der Waals surface area contributed by atoms with Crippen LogP contribution in [-0.4, -0.2) is 31.4 Å². The topological polar surface area (TPSA) is 170 Å². The van der Waals surface area contributed by atoms with Crippen LogP contribution in [0.5, 0.6) is 28.7 Å². The summed E-state index contributed by atoms with van der Waals surface area (Å²) < 4.78 is 11.3. The third kappa shape index (κ3) is 3.38. The van der Waals surface area contributed by atoms with Crippen molar-refractivity contribution >= 4 is 27.8 Å². The van der Waals surface area contributed by atoms with Crippen molar-refractivity contribution in [3.63, 3.8) is 0 Å². The Kier molecular flexibility index (Phi) is 4.74. The number of rotatable bonds is 2. The normalized spacial score (nSPS) is 15.0. The van der Waals surface area contributed by atoms with Gasteiger partial charge in [0.25, 0.3) is 5.56 Å². The fraction of sp³-hybridized carbons (Fsp3) is 0.0741. The number of aromatic amines is 1. The van der Waals surface area contributed by atoms with Gasteiger partial charge in [0.1, 0.15) is 22.5 Å². The number of carbonyl (C=O) groups is 1. The summed E-state index contributed by atoms with van der Waals surface area (Å²) in [5.74, 6) is -4.43. The van der Waals surface area contributed by atoms with Gasteiger partial charge in [0.2, 0.25) is 11.2 Å². The van der Waals surface area contributed by atoms with Gasteiger partial charge in [0.15, 0.2) is 17.3 Å². The Morgan fingerprint density at radius 3 is 2.43 bits per heavy atom. The fourth-order valence-corrected chi connectivity index (χ4v) is 4.73. The molecule has 1 aliphatic rings. The number of hydrogen-bond acceptors (Lipinski definition) is 9. The number of para-hydroxylation sites is 1. The number of nitrogens with one attached hydrogen (secondary N) is 1. The van der Waals surface area contributed by atoms with Crippen molar-refractivity contribution in [3.05, 3.63) is 86.3 Å². The smallest absolute Gasteiger partial charge is 0.312 e. The largest absolute Gasteiger partial charge is 0.507 e. The summed E-state index contributed by atoms with van der Waals surface area (Å²) in [7, 11) is 0. The molecule has 0 radical (unpaired) electrons. The Morgan fingerprint density at radius 1 is 0.865 bits per heavy atom. The van der Waals surface area contributed by atoms with Crippen molar-refractivity contribution in [2.24, 2.45) is 0 Å². The van der Waals surface area contributed by atoms with Gasteiger partial charge >= 0.3 is 5.97 Å². The fourth-order valence-electron chi connectivity index (χ4n) is 4.73. The Labute approximate surface area is 206 Å². The maximum atomic E-state index is 13.2. The van der Waals surface area contributed by atoms with E-state index in [0.29, 0.717) is 10.9 Å². The van der Waals surface area contributed by atoms with E-state index >= 15 is 0 Å². The molecule has 0 saturated carbocycles. The van der Waals surface area contributed by atoms with Crippen molar-refractivity contribution in [2.45, 2.75) is 12.3 Å². The molecule has 5 aromatic rings. The minimum Gasteiger partial charge on any atom is -0.507 e.